The summed E-state index contributed by atoms with van der Waals surface area (Å²) in [7, 11) is 0. The Morgan fingerprint density at radius 2 is 2.33 bits per heavy atom. The first-order valence-corrected chi connectivity index (χ1v) is 4.79. The molecule has 0 amide bonds. The molecule has 0 fully saturated rings. The van der Waals surface area contributed by atoms with Crippen LogP contribution in [0.15, 0.2) is 30.9 Å². The number of hydrogen-bond acceptors (Lipinski definition) is 2. The first-order chi connectivity index (χ1) is 7.15. The fraction of sp³-hybridized carbons (Fsp3) is 0.182. The highest BCUT2D eigenvalue weighted by Gasteiger charge is 2.07. The lowest BCUT2D eigenvalue weighted by molar-refractivity contribution is 0.0697. The van der Waals surface area contributed by atoms with Gasteiger partial charge in [0, 0.05) is 0 Å². The number of carboxylic acid groups (broad SMARTS) is 1. The van der Waals surface area contributed by atoms with Crippen LogP contribution in [0.4, 0.5) is 0 Å². The fourth-order valence-corrected chi connectivity index (χ4v) is 1.24. The Hall–Kier alpha value is -1.48. The molecule has 1 aromatic carbocycles. The van der Waals surface area contributed by atoms with Crippen molar-refractivity contribution in [3.8, 4) is 5.75 Å². The predicted molar refractivity (Wildman–Crippen MR) is 58.7 cm³/mol. The van der Waals surface area contributed by atoms with Gasteiger partial charge in [0.2, 0.25) is 0 Å². The fourth-order valence-electron chi connectivity index (χ4n) is 1.00. The molecule has 0 aromatic heterocycles. The Balaban J connectivity index is 2.74. The molecule has 0 aliphatic carbocycles. The summed E-state index contributed by atoms with van der Waals surface area (Å²) >= 11 is 5.84. The quantitative estimate of drug-likeness (QED) is 0.620. The minimum Gasteiger partial charge on any atom is -0.492 e. The van der Waals surface area contributed by atoms with Gasteiger partial charge < -0.3 is 9.84 Å². The average Bonchev–Trinajstić information content (AvgIpc) is 2.20. The van der Waals surface area contributed by atoms with Crippen LogP contribution in [0, 0.1) is 0 Å². The molecule has 0 saturated carbocycles. The van der Waals surface area contributed by atoms with E-state index in [1.165, 1.54) is 12.1 Å². The summed E-state index contributed by atoms with van der Waals surface area (Å²) in [5.74, 6) is -0.516. The second kappa shape index (κ2) is 5.41. The number of hydrogen-bond donors (Lipinski definition) is 1. The molecule has 0 bridgehead atoms. The second-order valence-corrected chi connectivity index (χ2v) is 3.28. The highest BCUT2D eigenvalue weighted by Crippen LogP contribution is 2.25. The van der Waals surface area contributed by atoms with Gasteiger partial charge in [0.1, 0.15) is 5.75 Å². The molecule has 0 unspecified atom stereocenters. The van der Waals surface area contributed by atoms with Crippen LogP contribution in [-0.2, 0) is 0 Å². The summed E-state index contributed by atoms with van der Waals surface area (Å²) in [5.41, 5.74) is 0.149. The zero-order chi connectivity index (χ0) is 11.3. The van der Waals surface area contributed by atoms with Crippen molar-refractivity contribution in [1.29, 1.82) is 0 Å². The molecule has 4 heteroatoms. The summed E-state index contributed by atoms with van der Waals surface area (Å²) in [6.07, 6.45) is 2.45. The summed E-state index contributed by atoms with van der Waals surface area (Å²) in [4.78, 5) is 10.6. The maximum absolute atomic E-state index is 10.6. The van der Waals surface area contributed by atoms with Crippen molar-refractivity contribution in [2.24, 2.45) is 0 Å². The molecule has 0 spiro atoms. The summed E-state index contributed by atoms with van der Waals surface area (Å²) in [6.45, 7) is 4.04. The van der Waals surface area contributed by atoms with Gasteiger partial charge in [-0.3, -0.25) is 0 Å². The number of carbonyl (C=O) groups is 1. The van der Waals surface area contributed by atoms with E-state index >= 15 is 0 Å². The maximum atomic E-state index is 10.6. The number of carboxylic acids is 1. The standard InChI is InChI=1S/C11H11ClO3/c1-2-3-6-15-10-5-4-8(11(13)14)7-9(10)12/h2,4-5,7H,1,3,6H2,(H,13,14). The Kier molecular flexibility index (Phi) is 4.18. The zero-order valence-corrected chi connectivity index (χ0v) is 8.83. The van der Waals surface area contributed by atoms with Gasteiger partial charge in [0.15, 0.2) is 0 Å². The lowest BCUT2D eigenvalue weighted by Crippen LogP contribution is -1.99. The van der Waals surface area contributed by atoms with Crippen molar-refractivity contribution in [2.75, 3.05) is 6.61 Å². The van der Waals surface area contributed by atoms with Crippen molar-refractivity contribution >= 4 is 17.6 Å². The monoisotopic (exact) mass is 226 g/mol. The van der Waals surface area contributed by atoms with E-state index in [4.69, 9.17) is 21.4 Å². The van der Waals surface area contributed by atoms with Crippen LogP contribution >= 0.6 is 11.6 Å². The molecule has 0 radical (unpaired) electrons. The van der Waals surface area contributed by atoms with Gasteiger partial charge in [-0.1, -0.05) is 17.7 Å². The third kappa shape index (κ3) is 3.29. The van der Waals surface area contributed by atoms with E-state index in [0.717, 1.165) is 6.42 Å². The molecule has 0 atom stereocenters. The van der Waals surface area contributed by atoms with Gasteiger partial charge in [-0.15, -0.1) is 6.58 Å². The molecule has 0 saturated heterocycles. The molecule has 1 N–H and O–H groups in total. The zero-order valence-electron chi connectivity index (χ0n) is 8.07. The number of benzene rings is 1. The van der Waals surface area contributed by atoms with Crippen LogP contribution in [0.2, 0.25) is 5.02 Å². The van der Waals surface area contributed by atoms with Crippen LogP contribution in [0.1, 0.15) is 16.8 Å². The van der Waals surface area contributed by atoms with Crippen molar-refractivity contribution in [3.05, 3.63) is 41.4 Å². The van der Waals surface area contributed by atoms with Gasteiger partial charge in [-0.05, 0) is 24.6 Å². The minimum atomic E-state index is -1.01. The SMILES string of the molecule is C=CCCOc1ccc(C(=O)O)cc1Cl. The number of halogens is 1. The molecular weight excluding hydrogens is 216 g/mol. The molecule has 80 valence electrons. The third-order valence-electron chi connectivity index (χ3n) is 1.76. The molecule has 0 aliphatic heterocycles. The molecule has 0 aliphatic rings. The molecule has 0 heterocycles. The third-order valence-corrected chi connectivity index (χ3v) is 2.05. The lowest BCUT2D eigenvalue weighted by atomic mass is 10.2. The van der Waals surface area contributed by atoms with Crippen molar-refractivity contribution < 1.29 is 14.6 Å². The Labute approximate surface area is 92.9 Å². The van der Waals surface area contributed by atoms with E-state index in [1.807, 2.05) is 0 Å². The average molecular weight is 227 g/mol. The second-order valence-electron chi connectivity index (χ2n) is 2.88. The van der Waals surface area contributed by atoms with E-state index < -0.39 is 5.97 Å². The van der Waals surface area contributed by atoms with Gasteiger partial charge in [0.05, 0.1) is 17.2 Å². The summed E-state index contributed by atoms with van der Waals surface area (Å²) < 4.78 is 5.32. The Bertz CT molecular complexity index is 374. The van der Waals surface area contributed by atoms with E-state index in [1.54, 1.807) is 12.1 Å². The molecule has 1 rings (SSSR count). The van der Waals surface area contributed by atoms with Crippen LogP contribution in [0.3, 0.4) is 0 Å². The predicted octanol–water partition coefficient (Wildman–Crippen LogP) is 2.99. The highest BCUT2D eigenvalue weighted by molar-refractivity contribution is 6.32. The van der Waals surface area contributed by atoms with Gasteiger partial charge in [-0.25, -0.2) is 4.79 Å². The number of rotatable bonds is 5. The van der Waals surface area contributed by atoms with Gasteiger partial charge in [0.25, 0.3) is 0 Å². The summed E-state index contributed by atoms with van der Waals surface area (Å²) in [6, 6.07) is 4.37. The van der Waals surface area contributed by atoms with Crippen LogP contribution in [0.25, 0.3) is 0 Å². The van der Waals surface area contributed by atoms with Gasteiger partial charge in [-0.2, -0.15) is 0 Å². The first-order valence-electron chi connectivity index (χ1n) is 4.41. The number of ether oxygens (including phenoxy) is 1. The normalized spacial score (nSPS) is 9.67. The molecular formula is C11H11ClO3. The summed E-state index contributed by atoms with van der Waals surface area (Å²) in [5, 5.41) is 9.01. The largest absolute Gasteiger partial charge is 0.492 e. The minimum absolute atomic E-state index is 0.149. The van der Waals surface area contributed by atoms with E-state index in [-0.39, 0.29) is 5.56 Å². The highest BCUT2D eigenvalue weighted by atomic mass is 35.5. The topological polar surface area (TPSA) is 46.5 Å². The first kappa shape index (κ1) is 11.6. The van der Waals surface area contributed by atoms with E-state index in [0.29, 0.717) is 17.4 Å². The van der Waals surface area contributed by atoms with Crippen LogP contribution in [-0.4, -0.2) is 17.7 Å². The lowest BCUT2D eigenvalue weighted by Gasteiger charge is -2.06. The smallest absolute Gasteiger partial charge is 0.335 e. The van der Waals surface area contributed by atoms with Gasteiger partial charge >= 0.3 is 5.97 Å². The van der Waals surface area contributed by atoms with Crippen LogP contribution in [0.5, 0.6) is 5.75 Å². The van der Waals surface area contributed by atoms with Crippen molar-refractivity contribution in [3.63, 3.8) is 0 Å². The molecule has 1 aromatic rings. The van der Waals surface area contributed by atoms with Crippen molar-refractivity contribution in [1.82, 2.24) is 0 Å². The maximum Gasteiger partial charge on any atom is 0.335 e. The molecule has 15 heavy (non-hydrogen) atoms. The van der Waals surface area contributed by atoms with E-state index in [9.17, 15) is 4.79 Å². The van der Waals surface area contributed by atoms with E-state index in [2.05, 4.69) is 6.58 Å². The Morgan fingerprint density at radius 3 is 2.87 bits per heavy atom. The molecule has 3 nitrogen and oxygen atoms in total. The Morgan fingerprint density at radius 1 is 1.60 bits per heavy atom. The van der Waals surface area contributed by atoms with Crippen LogP contribution < -0.4 is 4.74 Å². The van der Waals surface area contributed by atoms with Crippen molar-refractivity contribution in [2.45, 2.75) is 6.42 Å². The number of aromatic carboxylic acids is 1.